The molecule has 7 nitrogen and oxygen atoms in total. The van der Waals surface area contributed by atoms with E-state index in [9.17, 15) is 9.59 Å². The standard InChI is InChI=1S/C21H24N2O5/c1-26-15-3-4-16-14(11-15)5-10-28-21(16)6-8-23(9-7-21)20(25)17-12-18(24)19(27-2)13-22-17/h3-4,11-13H,5-10H2,1-2H3,(H,22,24). The number of aromatic amines is 1. The van der Waals surface area contributed by atoms with Crippen molar-refractivity contribution >= 4 is 5.91 Å². The summed E-state index contributed by atoms with van der Waals surface area (Å²) in [4.78, 5) is 29.4. The molecule has 3 heterocycles. The Hall–Kier alpha value is -2.80. The van der Waals surface area contributed by atoms with Gasteiger partial charge in [0, 0.05) is 25.4 Å². The van der Waals surface area contributed by atoms with Crippen molar-refractivity contribution in [2.75, 3.05) is 33.9 Å². The van der Waals surface area contributed by atoms with Gasteiger partial charge in [0.25, 0.3) is 5.91 Å². The van der Waals surface area contributed by atoms with Gasteiger partial charge in [-0.05, 0) is 42.5 Å². The molecule has 0 saturated carbocycles. The van der Waals surface area contributed by atoms with Crippen LogP contribution in [0, 0.1) is 0 Å². The van der Waals surface area contributed by atoms with Crippen LogP contribution >= 0.6 is 0 Å². The second kappa shape index (κ2) is 7.31. The van der Waals surface area contributed by atoms with Crippen molar-refractivity contribution in [3.8, 4) is 11.5 Å². The number of aromatic nitrogens is 1. The van der Waals surface area contributed by atoms with Gasteiger partial charge in [-0.2, -0.15) is 0 Å². The summed E-state index contributed by atoms with van der Waals surface area (Å²) in [6, 6.07) is 7.43. The summed E-state index contributed by atoms with van der Waals surface area (Å²) >= 11 is 0. The molecule has 0 atom stereocenters. The summed E-state index contributed by atoms with van der Waals surface area (Å²) in [6.45, 7) is 1.80. The fourth-order valence-electron chi connectivity index (χ4n) is 4.18. The fourth-order valence-corrected chi connectivity index (χ4v) is 4.18. The highest BCUT2D eigenvalue weighted by molar-refractivity contribution is 5.92. The summed E-state index contributed by atoms with van der Waals surface area (Å²) in [5.74, 6) is 0.865. The first-order chi connectivity index (χ1) is 13.6. The number of hydrogen-bond donors (Lipinski definition) is 1. The van der Waals surface area contributed by atoms with Gasteiger partial charge in [0.05, 0.1) is 26.4 Å². The Morgan fingerprint density at radius 2 is 1.96 bits per heavy atom. The monoisotopic (exact) mass is 384 g/mol. The lowest BCUT2D eigenvalue weighted by molar-refractivity contribution is -0.0935. The van der Waals surface area contributed by atoms with E-state index in [4.69, 9.17) is 14.2 Å². The highest BCUT2D eigenvalue weighted by Gasteiger charge is 2.42. The van der Waals surface area contributed by atoms with Gasteiger partial charge in [0.2, 0.25) is 5.43 Å². The maximum atomic E-state index is 12.8. The zero-order chi connectivity index (χ0) is 19.7. The summed E-state index contributed by atoms with van der Waals surface area (Å²) in [5.41, 5.74) is 2.06. The van der Waals surface area contributed by atoms with Gasteiger partial charge in [-0.3, -0.25) is 9.59 Å². The molecule has 1 aromatic carbocycles. The van der Waals surface area contributed by atoms with Crippen LogP contribution in [0.3, 0.4) is 0 Å². The number of benzene rings is 1. The topological polar surface area (TPSA) is 80.9 Å². The molecule has 2 aliphatic rings. The molecule has 1 spiro atoms. The molecule has 1 amide bonds. The van der Waals surface area contributed by atoms with Gasteiger partial charge >= 0.3 is 0 Å². The van der Waals surface area contributed by atoms with Crippen LogP contribution in [-0.4, -0.2) is 49.7 Å². The number of carbonyl (C=O) groups is 1. The van der Waals surface area contributed by atoms with E-state index in [1.54, 1.807) is 12.0 Å². The second-order valence-corrected chi connectivity index (χ2v) is 7.19. The molecular formula is C21H24N2O5. The highest BCUT2D eigenvalue weighted by Crippen LogP contribution is 2.42. The fraction of sp³-hybridized carbons (Fsp3) is 0.429. The van der Waals surface area contributed by atoms with Crippen LogP contribution in [0.5, 0.6) is 11.5 Å². The van der Waals surface area contributed by atoms with Crippen LogP contribution < -0.4 is 14.9 Å². The predicted molar refractivity (Wildman–Crippen MR) is 103 cm³/mol. The molecular weight excluding hydrogens is 360 g/mol. The number of rotatable bonds is 3. The van der Waals surface area contributed by atoms with Gasteiger partial charge in [-0.15, -0.1) is 0 Å². The van der Waals surface area contributed by atoms with Gasteiger partial charge in [0.15, 0.2) is 5.75 Å². The quantitative estimate of drug-likeness (QED) is 0.877. The Labute approximate surface area is 163 Å². The van der Waals surface area contributed by atoms with Crippen molar-refractivity contribution in [2.24, 2.45) is 0 Å². The molecule has 4 rings (SSSR count). The third kappa shape index (κ3) is 3.16. The minimum atomic E-state index is -0.357. The van der Waals surface area contributed by atoms with Gasteiger partial charge in [-0.25, -0.2) is 0 Å². The van der Waals surface area contributed by atoms with Crippen molar-refractivity contribution in [2.45, 2.75) is 24.9 Å². The average Bonchev–Trinajstić information content (AvgIpc) is 2.73. The molecule has 1 saturated heterocycles. The van der Waals surface area contributed by atoms with E-state index in [0.29, 0.717) is 19.7 Å². The van der Waals surface area contributed by atoms with Gasteiger partial charge in [-0.1, -0.05) is 6.07 Å². The Morgan fingerprint density at radius 3 is 2.64 bits per heavy atom. The number of carbonyl (C=O) groups excluding carboxylic acids is 1. The number of nitrogens with one attached hydrogen (secondary N) is 1. The van der Waals surface area contributed by atoms with Crippen molar-refractivity contribution in [3.05, 3.63) is 57.5 Å². The lowest BCUT2D eigenvalue weighted by Gasteiger charge is -2.45. The molecule has 148 valence electrons. The van der Waals surface area contributed by atoms with Crippen molar-refractivity contribution in [1.29, 1.82) is 0 Å². The number of methoxy groups -OCH3 is 2. The van der Waals surface area contributed by atoms with E-state index < -0.39 is 0 Å². The first-order valence-electron chi connectivity index (χ1n) is 9.44. The normalized spacial score (nSPS) is 17.9. The number of fused-ring (bicyclic) bond motifs is 2. The van der Waals surface area contributed by atoms with Crippen LogP contribution in [-0.2, 0) is 16.8 Å². The van der Waals surface area contributed by atoms with E-state index in [0.717, 1.165) is 25.0 Å². The molecule has 0 bridgehead atoms. The Morgan fingerprint density at radius 1 is 1.18 bits per heavy atom. The molecule has 28 heavy (non-hydrogen) atoms. The largest absolute Gasteiger partial charge is 0.497 e. The van der Waals surface area contributed by atoms with Crippen LogP contribution in [0.25, 0.3) is 0 Å². The predicted octanol–water partition coefficient (Wildman–Crippen LogP) is 2.10. The molecule has 2 aliphatic heterocycles. The molecule has 0 radical (unpaired) electrons. The van der Waals surface area contributed by atoms with Crippen LogP contribution in [0.1, 0.15) is 34.5 Å². The summed E-state index contributed by atoms with van der Waals surface area (Å²) in [6.07, 6.45) is 3.73. The number of pyridine rings is 1. The molecule has 2 aromatic rings. The average molecular weight is 384 g/mol. The third-order valence-corrected chi connectivity index (χ3v) is 5.74. The van der Waals surface area contributed by atoms with Crippen molar-refractivity contribution in [3.63, 3.8) is 0 Å². The lowest BCUT2D eigenvalue weighted by Crippen LogP contribution is -2.48. The molecule has 0 unspecified atom stereocenters. The maximum Gasteiger partial charge on any atom is 0.270 e. The number of likely N-dealkylation sites (tertiary alicyclic amines) is 1. The highest BCUT2D eigenvalue weighted by atomic mass is 16.5. The molecule has 0 aliphatic carbocycles. The first kappa shape index (κ1) is 18.6. The number of piperidine rings is 1. The minimum absolute atomic E-state index is 0.180. The molecule has 1 N–H and O–H groups in total. The first-order valence-corrected chi connectivity index (χ1v) is 9.44. The van der Waals surface area contributed by atoms with Gasteiger partial charge < -0.3 is 24.1 Å². The Bertz CT molecular complexity index is 944. The smallest absolute Gasteiger partial charge is 0.270 e. The van der Waals surface area contributed by atoms with Crippen LogP contribution in [0.4, 0.5) is 0 Å². The SMILES string of the molecule is COc1ccc2c(c1)CCOC21CCN(C(=O)c2cc(=O)c(OC)c[nH]2)CC1. The zero-order valence-electron chi connectivity index (χ0n) is 16.1. The van der Waals surface area contributed by atoms with Crippen molar-refractivity contribution in [1.82, 2.24) is 9.88 Å². The second-order valence-electron chi connectivity index (χ2n) is 7.19. The molecule has 7 heteroatoms. The number of ether oxygens (including phenoxy) is 3. The lowest BCUT2D eigenvalue weighted by atomic mass is 9.79. The third-order valence-electron chi connectivity index (χ3n) is 5.74. The Balaban J connectivity index is 1.52. The van der Waals surface area contributed by atoms with E-state index in [-0.39, 0.29) is 28.4 Å². The van der Waals surface area contributed by atoms with E-state index in [2.05, 4.69) is 17.1 Å². The van der Waals surface area contributed by atoms with E-state index >= 15 is 0 Å². The van der Waals surface area contributed by atoms with Gasteiger partial charge in [0.1, 0.15) is 11.4 Å². The summed E-state index contributed by atoms with van der Waals surface area (Å²) in [5, 5.41) is 0. The van der Waals surface area contributed by atoms with Crippen molar-refractivity contribution < 1.29 is 19.0 Å². The number of H-pyrrole nitrogens is 1. The van der Waals surface area contributed by atoms with Crippen LogP contribution in [0.15, 0.2) is 35.3 Å². The van der Waals surface area contributed by atoms with Crippen LogP contribution in [0.2, 0.25) is 0 Å². The number of amides is 1. The summed E-state index contributed by atoms with van der Waals surface area (Å²) < 4.78 is 16.5. The summed E-state index contributed by atoms with van der Waals surface area (Å²) in [7, 11) is 3.10. The number of hydrogen-bond acceptors (Lipinski definition) is 5. The maximum absolute atomic E-state index is 12.8. The minimum Gasteiger partial charge on any atom is -0.497 e. The Kier molecular flexibility index (Phi) is 4.85. The van der Waals surface area contributed by atoms with E-state index in [1.165, 1.54) is 30.5 Å². The zero-order valence-corrected chi connectivity index (χ0v) is 16.1. The molecule has 1 aromatic heterocycles. The number of nitrogens with zero attached hydrogens (tertiary/aromatic N) is 1. The molecule has 1 fully saturated rings. The van der Waals surface area contributed by atoms with E-state index in [1.807, 2.05) is 6.07 Å².